The standard InChI is InChI=1S/C24H16F3N5O2/c25-24(26,27)13-30-23-29-11-16-12-32(17-5-8-19-15(10-17)2-1-9-28-19)22(34)20(21(16)31-23)14-3-6-18(33)7-4-14/h1-12,33H,13H2,(H,30,31). The molecule has 34 heavy (non-hydrogen) atoms. The van der Waals surface area contributed by atoms with Crippen LogP contribution in [0.1, 0.15) is 0 Å². The van der Waals surface area contributed by atoms with Gasteiger partial charge in [-0.25, -0.2) is 9.97 Å². The predicted octanol–water partition coefficient (Wildman–Crippen LogP) is 4.68. The Hall–Kier alpha value is -4.47. The van der Waals surface area contributed by atoms with E-state index in [2.05, 4.69) is 20.3 Å². The van der Waals surface area contributed by atoms with Gasteiger partial charge < -0.3 is 10.4 Å². The number of aromatic nitrogens is 4. The number of aromatic hydroxyl groups is 1. The Labute approximate surface area is 190 Å². The van der Waals surface area contributed by atoms with Gasteiger partial charge in [0.05, 0.1) is 16.6 Å². The van der Waals surface area contributed by atoms with E-state index in [1.807, 2.05) is 12.1 Å². The monoisotopic (exact) mass is 463 g/mol. The number of halogens is 3. The van der Waals surface area contributed by atoms with Crippen LogP contribution >= 0.6 is 0 Å². The van der Waals surface area contributed by atoms with Crippen molar-refractivity contribution in [3.63, 3.8) is 0 Å². The van der Waals surface area contributed by atoms with E-state index in [1.165, 1.54) is 22.9 Å². The first-order valence-electron chi connectivity index (χ1n) is 10.2. The smallest absolute Gasteiger partial charge is 0.405 e. The molecule has 0 atom stereocenters. The van der Waals surface area contributed by atoms with Crippen LogP contribution in [0.3, 0.4) is 0 Å². The van der Waals surface area contributed by atoms with E-state index in [9.17, 15) is 23.1 Å². The van der Waals surface area contributed by atoms with Crippen LogP contribution in [0.15, 0.2) is 78.0 Å². The molecular formula is C24H16F3N5O2. The summed E-state index contributed by atoms with van der Waals surface area (Å²) >= 11 is 0. The van der Waals surface area contributed by atoms with Gasteiger partial charge >= 0.3 is 6.18 Å². The van der Waals surface area contributed by atoms with Crippen LogP contribution in [0.2, 0.25) is 0 Å². The number of nitrogens with zero attached hydrogens (tertiary/aromatic N) is 4. The summed E-state index contributed by atoms with van der Waals surface area (Å²) in [5.74, 6) is -0.243. The SMILES string of the molecule is O=c1c(-c2ccc(O)cc2)c2nc(NCC(F)(F)F)ncc2cn1-c1ccc2ncccc2c1. The highest BCUT2D eigenvalue weighted by Crippen LogP contribution is 2.28. The molecule has 2 N–H and O–H groups in total. The van der Waals surface area contributed by atoms with Crippen molar-refractivity contribution < 1.29 is 18.3 Å². The van der Waals surface area contributed by atoms with Crippen LogP contribution < -0.4 is 10.9 Å². The van der Waals surface area contributed by atoms with E-state index >= 15 is 0 Å². The summed E-state index contributed by atoms with van der Waals surface area (Å²) in [5.41, 5.74) is 1.72. The van der Waals surface area contributed by atoms with Gasteiger partial charge in [0.2, 0.25) is 5.95 Å². The lowest BCUT2D eigenvalue weighted by atomic mass is 10.0. The van der Waals surface area contributed by atoms with Gasteiger partial charge in [0.15, 0.2) is 0 Å². The minimum Gasteiger partial charge on any atom is -0.508 e. The highest BCUT2D eigenvalue weighted by Gasteiger charge is 2.27. The third kappa shape index (κ3) is 4.13. The van der Waals surface area contributed by atoms with Crippen LogP contribution in [-0.4, -0.2) is 37.3 Å². The van der Waals surface area contributed by atoms with E-state index in [0.717, 1.165) is 10.9 Å². The average Bonchev–Trinajstić information content (AvgIpc) is 2.82. The molecule has 10 heteroatoms. The molecule has 0 saturated heterocycles. The fourth-order valence-corrected chi connectivity index (χ4v) is 3.66. The van der Waals surface area contributed by atoms with Gasteiger partial charge in [0.25, 0.3) is 5.56 Å². The zero-order valence-electron chi connectivity index (χ0n) is 17.4. The van der Waals surface area contributed by atoms with Crippen molar-refractivity contribution in [2.45, 2.75) is 6.18 Å². The van der Waals surface area contributed by atoms with Crippen molar-refractivity contribution >= 4 is 27.8 Å². The number of fused-ring (bicyclic) bond motifs is 2. The van der Waals surface area contributed by atoms with Crippen molar-refractivity contribution in [1.82, 2.24) is 19.5 Å². The molecule has 170 valence electrons. The maximum atomic E-state index is 13.7. The number of benzene rings is 2. The Bertz CT molecular complexity index is 1580. The van der Waals surface area contributed by atoms with E-state index < -0.39 is 18.3 Å². The number of hydrogen-bond donors (Lipinski definition) is 2. The van der Waals surface area contributed by atoms with Crippen LogP contribution in [0.25, 0.3) is 38.6 Å². The molecule has 0 fully saturated rings. The molecule has 0 aliphatic rings. The number of alkyl halides is 3. The lowest BCUT2D eigenvalue weighted by Gasteiger charge is -2.14. The van der Waals surface area contributed by atoms with Crippen LogP contribution in [-0.2, 0) is 0 Å². The summed E-state index contributed by atoms with van der Waals surface area (Å²) in [6.07, 6.45) is 0.136. The summed E-state index contributed by atoms with van der Waals surface area (Å²) < 4.78 is 39.4. The molecule has 5 rings (SSSR count). The Balaban J connectivity index is 1.73. The van der Waals surface area contributed by atoms with Crippen molar-refractivity contribution in [3.05, 3.63) is 83.5 Å². The first kappa shape index (κ1) is 21.4. The van der Waals surface area contributed by atoms with Crippen molar-refractivity contribution in [1.29, 1.82) is 0 Å². The average molecular weight is 463 g/mol. The van der Waals surface area contributed by atoms with Crippen molar-refractivity contribution in [2.24, 2.45) is 0 Å². The maximum absolute atomic E-state index is 13.7. The molecule has 7 nitrogen and oxygen atoms in total. The fourth-order valence-electron chi connectivity index (χ4n) is 3.66. The number of pyridine rings is 2. The van der Waals surface area contributed by atoms with E-state index in [4.69, 9.17) is 0 Å². The number of phenols is 1. The van der Waals surface area contributed by atoms with E-state index in [0.29, 0.717) is 16.6 Å². The van der Waals surface area contributed by atoms with Crippen molar-refractivity contribution in [2.75, 3.05) is 11.9 Å². The lowest BCUT2D eigenvalue weighted by Crippen LogP contribution is -2.23. The van der Waals surface area contributed by atoms with Gasteiger partial charge in [-0.15, -0.1) is 0 Å². The second-order valence-electron chi connectivity index (χ2n) is 7.57. The van der Waals surface area contributed by atoms with E-state index in [1.54, 1.807) is 42.7 Å². The molecule has 0 aliphatic carbocycles. The third-order valence-electron chi connectivity index (χ3n) is 5.22. The molecule has 0 spiro atoms. The summed E-state index contributed by atoms with van der Waals surface area (Å²) in [6.45, 7) is -1.31. The normalized spacial score (nSPS) is 11.7. The van der Waals surface area contributed by atoms with Crippen LogP contribution in [0.4, 0.5) is 19.1 Å². The number of phenolic OH excluding ortho intramolecular Hbond substituents is 1. The number of nitrogens with one attached hydrogen (secondary N) is 1. The second-order valence-corrected chi connectivity index (χ2v) is 7.57. The third-order valence-corrected chi connectivity index (χ3v) is 5.22. The fraction of sp³-hybridized carbons (Fsp3) is 0.0833. The Morgan fingerprint density at radius 3 is 2.56 bits per heavy atom. The highest BCUT2D eigenvalue weighted by molar-refractivity contribution is 5.93. The number of anilines is 1. The zero-order chi connectivity index (χ0) is 23.9. The Morgan fingerprint density at radius 1 is 1.00 bits per heavy atom. The minimum atomic E-state index is -4.45. The van der Waals surface area contributed by atoms with Gasteiger partial charge in [-0.2, -0.15) is 13.2 Å². The van der Waals surface area contributed by atoms with Crippen molar-refractivity contribution in [3.8, 4) is 22.6 Å². The molecule has 0 bridgehead atoms. The van der Waals surface area contributed by atoms with Gasteiger partial charge in [-0.1, -0.05) is 18.2 Å². The second kappa shape index (κ2) is 8.14. The molecule has 5 aromatic rings. The Morgan fingerprint density at radius 2 is 1.79 bits per heavy atom. The Kier molecular flexibility index (Phi) is 5.12. The molecule has 0 amide bonds. The molecule has 0 unspecified atom stereocenters. The first-order chi connectivity index (χ1) is 16.3. The molecular weight excluding hydrogens is 447 g/mol. The topological polar surface area (TPSA) is 92.9 Å². The molecule has 3 heterocycles. The van der Waals surface area contributed by atoms with E-state index in [-0.39, 0.29) is 22.8 Å². The van der Waals surface area contributed by atoms with Gasteiger partial charge in [0, 0.05) is 35.1 Å². The first-order valence-corrected chi connectivity index (χ1v) is 10.2. The number of rotatable bonds is 4. The highest BCUT2D eigenvalue weighted by atomic mass is 19.4. The molecule has 0 radical (unpaired) electrons. The van der Waals surface area contributed by atoms with Gasteiger partial charge in [-0.3, -0.25) is 14.3 Å². The summed E-state index contributed by atoms with van der Waals surface area (Å²) in [4.78, 5) is 26.1. The van der Waals surface area contributed by atoms with Gasteiger partial charge in [0.1, 0.15) is 12.3 Å². The zero-order valence-corrected chi connectivity index (χ0v) is 17.4. The largest absolute Gasteiger partial charge is 0.508 e. The van der Waals surface area contributed by atoms with Crippen LogP contribution in [0, 0.1) is 0 Å². The number of hydrogen-bond acceptors (Lipinski definition) is 6. The quantitative estimate of drug-likeness (QED) is 0.402. The molecule has 0 aliphatic heterocycles. The van der Waals surface area contributed by atoms with Crippen LogP contribution in [0.5, 0.6) is 5.75 Å². The maximum Gasteiger partial charge on any atom is 0.405 e. The minimum absolute atomic E-state index is 0.00787. The van der Waals surface area contributed by atoms with Gasteiger partial charge in [-0.05, 0) is 42.0 Å². The molecule has 2 aromatic carbocycles. The molecule has 3 aromatic heterocycles. The molecule has 0 saturated carbocycles. The summed E-state index contributed by atoms with van der Waals surface area (Å²) in [6, 6.07) is 15.0. The summed E-state index contributed by atoms with van der Waals surface area (Å²) in [7, 11) is 0. The lowest BCUT2D eigenvalue weighted by molar-refractivity contribution is -0.115. The summed E-state index contributed by atoms with van der Waals surface area (Å²) in [5, 5.41) is 13.1. The predicted molar refractivity (Wildman–Crippen MR) is 122 cm³/mol.